The number of carbonyl (C=O) groups excluding carboxylic acids is 2. The van der Waals surface area contributed by atoms with Gasteiger partial charge in [-0.2, -0.15) is 0 Å². The summed E-state index contributed by atoms with van der Waals surface area (Å²) in [5.74, 6) is 0.759. The number of anilines is 1. The summed E-state index contributed by atoms with van der Waals surface area (Å²) in [7, 11) is 1.77. The van der Waals surface area contributed by atoms with Crippen molar-refractivity contribution < 1.29 is 19.2 Å². The van der Waals surface area contributed by atoms with Gasteiger partial charge in [0.25, 0.3) is 5.69 Å². The molecule has 2 aromatic carbocycles. The van der Waals surface area contributed by atoms with Gasteiger partial charge in [-0.25, -0.2) is 0 Å². The van der Waals surface area contributed by atoms with E-state index < -0.39 is 10.2 Å². The predicted octanol–water partition coefficient (Wildman–Crippen LogP) is 3.62. The number of non-ortho nitro benzene ring substituents is 1. The van der Waals surface area contributed by atoms with Crippen molar-refractivity contribution >= 4 is 34.8 Å². The predicted molar refractivity (Wildman–Crippen MR) is 119 cm³/mol. The minimum Gasteiger partial charge on any atom is -0.486 e. The number of thioether (sulfide) groups is 1. The maximum Gasteiger partial charge on any atom is 0.269 e. The molecule has 3 aromatic rings. The molecular weight excluding hydrogens is 434 g/mol. The van der Waals surface area contributed by atoms with Crippen molar-refractivity contribution in [2.75, 3.05) is 5.32 Å². The maximum atomic E-state index is 12.5. The normalized spacial score (nSPS) is 11.6. The van der Waals surface area contributed by atoms with Crippen LogP contribution >= 0.6 is 11.8 Å². The maximum absolute atomic E-state index is 12.5. The average molecular weight is 455 g/mol. The second kappa shape index (κ2) is 10.1. The Labute approximate surface area is 188 Å². The molecule has 11 heteroatoms. The lowest BCUT2D eigenvalue weighted by molar-refractivity contribution is -0.384. The SMILES string of the molecule is CC(=O)c1ccc(NC(=O)C(C)Sc2nnc(COc3ccc([N+](=O)[O-])cc3)n2C)cc1. The number of rotatable bonds is 9. The van der Waals surface area contributed by atoms with Gasteiger partial charge in [0.2, 0.25) is 5.91 Å². The summed E-state index contributed by atoms with van der Waals surface area (Å²) in [6, 6.07) is 12.4. The van der Waals surface area contributed by atoms with E-state index in [1.54, 1.807) is 42.8 Å². The van der Waals surface area contributed by atoms with E-state index in [4.69, 9.17) is 4.74 Å². The lowest BCUT2D eigenvalue weighted by atomic mass is 10.1. The Morgan fingerprint density at radius 1 is 1.16 bits per heavy atom. The number of ketones is 1. The Balaban J connectivity index is 1.56. The molecule has 0 bridgehead atoms. The van der Waals surface area contributed by atoms with Gasteiger partial charge in [-0.15, -0.1) is 10.2 Å². The number of hydrogen-bond donors (Lipinski definition) is 1. The monoisotopic (exact) mass is 455 g/mol. The van der Waals surface area contributed by atoms with Crippen LogP contribution in [0.3, 0.4) is 0 Å². The van der Waals surface area contributed by atoms with Crippen LogP contribution in [0.5, 0.6) is 5.75 Å². The Morgan fingerprint density at radius 3 is 2.41 bits per heavy atom. The zero-order valence-electron chi connectivity index (χ0n) is 17.6. The second-order valence-corrected chi connectivity index (χ2v) is 8.19. The number of carbonyl (C=O) groups is 2. The average Bonchev–Trinajstić information content (AvgIpc) is 3.12. The van der Waals surface area contributed by atoms with Gasteiger partial charge < -0.3 is 14.6 Å². The molecule has 1 N–H and O–H groups in total. The topological polar surface area (TPSA) is 129 Å². The Bertz CT molecular complexity index is 1130. The summed E-state index contributed by atoms with van der Waals surface area (Å²) in [5, 5.41) is 21.8. The van der Waals surface area contributed by atoms with Gasteiger partial charge in [-0.3, -0.25) is 19.7 Å². The lowest BCUT2D eigenvalue weighted by Crippen LogP contribution is -2.22. The highest BCUT2D eigenvalue weighted by Crippen LogP contribution is 2.24. The molecule has 0 saturated heterocycles. The molecule has 1 aromatic heterocycles. The zero-order valence-corrected chi connectivity index (χ0v) is 18.5. The zero-order chi connectivity index (χ0) is 23.3. The summed E-state index contributed by atoms with van der Waals surface area (Å²) in [5.41, 5.74) is 1.16. The third kappa shape index (κ3) is 5.70. The molecule has 0 aliphatic heterocycles. The van der Waals surface area contributed by atoms with Crippen LogP contribution in [0.1, 0.15) is 30.0 Å². The van der Waals surface area contributed by atoms with E-state index in [2.05, 4.69) is 15.5 Å². The first-order valence-electron chi connectivity index (χ1n) is 9.58. The fourth-order valence-corrected chi connectivity index (χ4v) is 3.46. The molecular formula is C21H21N5O5S. The number of ether oxygens (including phenoxy) is 1. The summed E-state index contributed by atoms with van der Waals surface area (Å²) in [6.45, 7) is 3.36. The highest BCUT2D eigenvalue weighted by Gasteiger charge is 2.19. The fraction of sp³-hybridized carbons (Fsp3) is 0.238. The molecule has 0 saturated carbocycles. The Hall–Kier alpha value is -3.73. The standard InChI is InChI=1S/C21H21N5O5S/c1-13(27)15-4-6-16(7-5-15)22-20(28)14(2)32-21-24-23-19(25(21)3)12-31-18-10-8-17(9-11-18)26(29)30/h4-11,14H,12H2,1-3H3,(H,22,28). The van der Waals surface area contributed by atoms with Crippen molar-refractivity contribution in [1.29, 1.82) is 0 Å². The van der Waals surface area contributed by atoms with Crippen molar-refractivity contribution in [2.24, 2.45) is 7.05 Å². The Morgan fingerprint density at radius 2 is 1.81 bits per heavy atom. The van der Waals surface area contributed by atoms with Gasteiger partial charge in [-0.1, -0.05) is 11.8 Å². The first kappa shape index (κ1) is 22.9. The number of nitro groups is 1. The minimum atomic E-state index is -0.478. The number of hydrogen-bond acceptors (Lipinski definition) is 8. The molecule has 1 heterocycles. The third-order valence-electron chi connectivity index (χ3n) is 4.55. The number of nitro benzene ring substituents is 1. The van der Waals surface area contributed by atoms with Gasteiger partial charge in [0.05, 0.1) is 10.2 Å². The van der Waals surface area contributed by atoms with E-state index in [0.29, 0.717) is 28.0 Å². The molecule has 0 aliphatic carbocycles. The fourth-order valence-electron chi connectivity index (χ4n) is 2.63. The van der Waals surface area contributed by atoms with Crippen LogP contribution in [0.25, 0.3) is 0 Å². The van der Waals surface area contributed by atoms with Crippen LogP contribution in [0.15, 0.2) is 53.7 Å². The number of benzene rings is 2. The first-order chi connectivity index (χ1) is 15.2. The van der Waals surface area contributed by atoms with Crippen molar-refractivity contribution in [3.63, 3.8) is 0 Å². The highest BCUT2D eigenvalue weighted by atomic mass is 32.2. The summed E-state index contributed by atoms with van der Waals surface area (Å²) in [6.07, 6.45) is 0. The molecule has 0 radical (unpaired) electrons. The summed E-state index contributed by atoms with van der Waals surface area (Å²) in [4.78, 5) is 34.1. The molecule has 3 rings (SSSR count). The molecule has 0 aliphatic rings. The highest BCUT2D eigenvalue weighted by molar-refractivity contribution is 8.00. The quantitative estimate of drug-likeness (QED) is 0.224. The van der Waals surface area contributed by atoms with Gasteiger partial charge in [-0.05, 0) is 50.2 Å². The van der Waals surface area contributed by atoms with E-state index in [-0.39, 0.29) is 24.0 Å². The van der Waals surface area contributed by atoms with E-state index in [1.165, 1.54) is 43.0 Å². The Kier molecular flexibility index (Phi) is 7.21. The largest absolute Gasteiger partial charge is 0.486 e. The number of nitrogens with zero attached hydrogens (tertiary/aromatic N) is 4. The summed E-state index contributed by atoms with van der Waals surface area (Å²) >= 11 is 1.25. The number of nitrogens with one attached hydrogen (secondary N) is 1. The number of aromatic nitrogens is 3. The first-order valence-corrected chi connectivity index (χ1v) is 10.5. The van der Waals surface area contributed by atoms with Crippen LogP contribution in [0, 0.1) is 10.1 Å². The van der Waals surface area contributed by atoms with E-state index >= 15 is 0 Å². The molecule has 1 amide bonds. The van der Waals surface area contributed by atoms with Crippen LogP contribution in [-0.4, -0.2) is 36.6 Å². The van der Waals surface area contributed by atoms with E-state index in [1.807, 2.05) is 0 Å². The molecule has 32 heavy (non-hydrogen) atoms. The molecule has 166 valence electrons. The smallest absolute Gasteiger partial charge is 0.269 e. The van der Waals surface area contributed by atoms with Crippen LogP contribution in [0.4, 0.5) is 11.4 Å². The van der Waals surface area contributed by atoms with Gasteiger partial charge in [0.15, 0.2) is 16.8 Å². The summed E-state index contributed by atoms with van der Waals surface area (Å²) < 4.78 is 7.34. The lowest BCUT2D eigenvalue weighted by Gasteiger charge is -2.12. The van der Waals surface area contributed by atoms with Gasteiger partial charge >= 0.3 is 0 Å². The van der Waals surface area contributed by atoms with Crippen molar-refractivity contribution in [3.8, 4) is 5.75 Å². The van der Waals surface area contributed by atoms with E-state index in [0.717, 1.165) is 0 Å². The minimum absolute atomic E-state index is 0.0169. The van der Waals surface area contributed by atoms with Crippen LogP contribution in [0.2, 0.25) is 0 Å². The van der Waals surface area contributed by atoms with Crippen molar-refractivity contribution in [1.82, 2.24) is 14.8 Å². The molecule has 1 atom stereocenters. The van der Waals surface area contributed by atoms with Crippen LogP contribution in [-0.2, 0) is 18.4 Å². The van der Waals surface area contributed by atoms with E-state index in [9.17, 15) is 19.7 Å². The van der Waals surface area contributed by atoms with Gasteiger partial charge in [0.1, 0.15) is 12.4 Å². The van der Waals surface area contributed by atoms with Crippen LogP contribution < -0.4 is 10.1 Å². The van der Waals surface area contributed by atoms with Crippen molar-refractivity contribution in [3.05, 3.63) is 70.0 Å². The molecule has 10 nitrogen and oxygen atoms in total. The number of Topliss-reactive ketones (excluding diaryl/α,β-unsaturated/α-hetero) is 1. The van der Waals surface area contributed by atoms with Crippen molar-refractivity contribution in [2.45, 2.75) is 30.9 Å². The third-order valence-corrected chi connectivity index (χ3v) is 5.68. The van der Waals surface area contributed by atoms with Gasteiger partial charge in [0, 0.05) is 30.4 Å². The molecule has 0 fully saturated rings. The number of amides is 1. The molecule has 1 unspecified atom stereocenters. The molecule has 0 spiro atoms. The second-order valence-electron chi connectivity index (χ2n) is 6.88.